The van der Waals surface area contributed by atoms with Gasteiger partial charge >= 0.3 is 0 Å². The van der Waals surface area contributed by atoms with Gasteiger partial charge in [0.05, 0.1) is 22.7 Å². The van der Waals surface area contributed by atoms with Crippen LogP contribution in [0.25, 0.3) is 11.0 Å². The molecule has 36 heavy (non-hydrogen) atoms. The Hall–Kier alpha value is -2.88. The second-order valence-electron chi connectivity index (χ2n) is 11.0. The van der Waals surface area contributed by atoms with Gasteiger partial charge in [0.2, 0.25) is 5.91 Å². The molecule has 0 spiro atoms. The number of carbonyl (C=O) groups is 1. The van der Waals surface area contributed by atoms with Crippen molar-refractivity contribution < 1.29 is 9.90 Å². The number of amides is 1. The average Bonchev–Trinajstić information content (AvgIpc) is 3.42. The monoisotopic (exact) mass is 504 g/mol. The molecule has 2 aliphatic rings. The number of aromatic nitrogens is 2. The van der Waals surface area contributed by atoms with Crippen LogP contribution in [-0.4, -0.2) is 38.1 Å². The van der Waals surface area contributed by atoms with Crippen LogP contribution in [0.4, 0.5) is 0 Å². The minimum Gasteiger partial charge on any atom is -0.383 e. The summed E-state index contributed by atoms with van der Waals surface area (Å²) in [5.74, 6) is 1.18. The van der Waals surface area contributed by atoms with E-state index in [1.54, 1.807) is 20.8 Å². The van der Waals surface area contributed by atoms with E-state index in [9.17, 15) is 15.2 Å². The largest absolute Gasteiger partial charge is 0.383 e. The van der Waals surface area contributed by atoms with Crippen molar-refractivity contribution >= 4 is 28.5 Å². The SMILES string of the molecule is CC(=O)N(C[C@H]1Cc2ccc(C#N)cc2C1)C1CCC(n2c(C(C)(C)O)nc3cc(Cl)ccc32)CC1. The lowest BCUT2D eigenvalue weighted by Gasteiger charge is -2.39. The second kappa shape index (κ2) is 9.53. The highest BCUT2D eigenvalue weighted by Crippen LogP contribution is 2.38. The predicted octanol–water partition coefficient (Wildman–Crippen LogP) is 5.54. The first kappa shape index (κ1) is 24.8. The second-order valence-corrected chi connectivity index (χ2v) is 11.4. The predicted molar refractivity (Wildman–Crippen MR) is 141 cm³/mol. The lowest BCUT2D eigenvalue weighted by Crippen LogP contribution is -2.44. The number of fused-ring (bicyclic) bond motifs is 2. The van der Waals surface area contributed by atoms with Crippen LogP contribution in [0.5, 0.6) is 0 Å². The molecular formula is C29H33ClN4O2. The van der Waals surface area contributed by atoms with Gasteiger partial charge in [0.15, 0.2) is 0 Å². The Morgan fingerprint density at radius 1 is 1.17 bits per heavy atom. The van der Waals surface area contributed by atoms with Crippen molar-refractivity contribution in [2.45, 2.75) is 77.0 Å². The van der Waals surface area contributed by atoms with E-state index >= 15 is 0 Å². The van der Waals surface area contributed by atoms with Crippen LogP contribution in [-0.2, 0) is 23.2 Å². The van der Waals surface area contributed by atoms with Gasteiger partial charge in [0, 0.05) is 30.6 Å². The number of hydrogen-bond acceptors (Lipinski definition) is 4. The fourth-order valence-corrected chi connectivity index (χ4v) is 6.39. The Bertz CT molecular complexity index is 1340. The maximum absolute atomic E-state index is 12.7. The number of nitriles is 1. The molecule has 1 atom stereocenters. The Balaban J connectivity index is 1.31. The first-order valence-corrected chi connectivity index (χ1v) is 13.2. The first-order chi connectivity index (χ1) is 17.1. The molecule has 0 unspecified atom stereocenters. The molecule has 1 fully saturated rings. The number of rotatable bonds is 5. The maximum atomic E-state index is 12.7. The van der Waals surface area contributed by atoms with Gasteiger partial charge in [-0.1, -0.05) is 17.7 Å². The molecule has 1 aromatic heterocycles. The molecule has 0 bridgehead atoms. The lowest BCUT2D eigenvalue weighted by molar-refractivity contribution is -0.132. The van der Waals surface area contributed by atoms with Crippen LogP contribution in [0.1, 0.15) is 75.0 Å². The minimum absolute atomic E-state index is 0.132. The molecule has 1 N–H and O–H groups in total. The highest BCUT2D eigenvalue weighted by molar-refractivity contribution is 6.31. The summed E-state index contributed by atoms with van der Waals surface area (Å²) in [5.41, 5.74) is 3.97. The van der Waals surface area contributed by atoms with E-state index in [-0.39, 0.29) is 18.0 Å². The first-order valence-electron chi connectivity index (χ1n) is 12.8. The van der Waals surface area contributed by atoms with E-state index in [4.69, 9.17) is 16.6 Å². The Labute approximate surface area is 217 Å². The van der Waals surface area contributed by atoms with Crippen LogP contribution in [0.15, 0.2) is 36.4 Å². The summed E-state index contributed by atoms with van der Waals surface area (Å²) >= 11 is 6.21. The summed E-state index contributed by atoms with van der Waals surface area (Å²) < 4.78 is 2.19. The third-order valence-corrected chi connectivity index (χ3v) is 8.12. The highest BCUT2D eigenvalue weighted by atomic mass is 35.5. The van der Waals surface area contributed by atoms with Crippen LogP contribution >= 0.6 is 11.6 Å². The smallest absolute Gasteiger partial charge is 0.219 e. The van der Waals surface area contributed by atoms with Crippen molar-refractivity contribution in [3.05, 3.63) is 63.9 Å². The molecule has 3 aromatic rings. The van der Waals surface area contributed by atoms with Gasteiger partial charge < -0.3 is 14.6 Å². The average molecular weight is 505 g/mol. The van der Waals surface area contributed by atoms with Gasteiger partial charge in [-0.15, -0.1) is 0 Å². The summed E-state index contributed by atoms with van der Waals surface area (Å²) in [7, 11) is 0. The topological polar surface area (TPSA) is 82.2 Å². The number of aliphatic hydroxyl groups is 1. The van der Waals surface area contributed by atoms with E-state index in [2.05, 4.69) is 21.6 Å². The van der Waals surface area contributed by atoms with E-state index in [1.165, 1.54) is 11.1 Å². The maximum Gasteiger partial charge on any atom is 0.219 e. The number of nitrogens with zero attached hydrogens (tertiary/aromatic N) is 4. The molecule has 0 aliphatic heterocycles. The number of carbonyl (C=O) groups excluding carboxylic acids is 1. The summed E-state index contributed by atoms with van der Waals surface area (Å²) in [6.45, 7) is 5.98. The van der Waals surface area contributed by atoms with E-state index < -0.39 is 5.60 Å². The van der Waals surface area contributed by atoms with Crippen LogP contribution in [0.3, 0.4) is 0 Å². The Morgan fingerprint density at radius 2 is 1.89 bits per heavy atom. The number of benzene rings is 2. The minimum atomic E-state index is -1.07. The third-order valence-electron chi connectivity index (χ3n) is 7.88. The van der Waals surface area contributed by atoms with Crippen molar-refractivity contribution in [3.8, 4) is 6.07 Å². The lowest BCUT2D eigenvalue weighted by atomic mass is 9.88. The van der Waals surface area contributed by atoms with Crippen LogP contribution < -0.4 is 0 Å². The van der Waals surface area contributed by atoms with Gasteiger partial charge in [-0.2, -0.15) is 5.26 Å². The van der Waals surface area contributed by atoms with Gasteiger partial charge in [0.1, 0.15) is 11.4 Å². The van der Waals surface area contributed by atoms with Gasteiger partial charge in [-0.3, -0.25) is 4.79 Å². The summed E-state index contributed by atoms with van der Waals surface area (Å²) in [6, 6.07) is 14.3. The zero-order valence-corrected chi connectivity index (χ0v) is 21.9. The molecule has 1 heterocycles. The quantitative estimate of drug-likeness (QED) is 0.494. The standard InChI is InChI=1S/C29H33ClN4O2/c1-18(35)33(17-20-13-21-5-4-19(16-31)12-22(21)14-20)24-7-9-25(10-8-24)34-27-11-6-23(30)15-26(27)32-28(34)29(2,3)36/h4-6,11-12,15,20,24-25,36H,7-10,13-14,17H2,1-3H3/t20-,24?,25?/m0/s1. The third kappa shape index (κ3) is 4.75. The zero-order valence-electron chi connectivity index (χ0n) is 21.2. The van der Waals surface area contributed by atoms with Crippen molar-refractivity contribution in [2.75, 3.05) is 6.54 Å². The Morgan fingerprint density at radius 3 is 2.56 bits per heavy atom. The molecule has 2 aliphatic carbocycles. The fraction of sp³-hybridized carbons (Fsp3) is 0.483. The van der Waals surface area contributed by atoms with Gasteiger partial charge in [-0.05, 0) is 99.7 Å². The van der Waals surface area contributed by atoms with Crippen LogP contribution in [0, 0.1) is 17.2 Å². The van der Waals surface area contributed by atoms with E-state index in [0.717, 1.165) is 56.1 Å². The molecule has 0 radical (unpaired) electrons. The fourth-order valence-electron chi connectivity index (χ4n) is 6.22. The molecule has 2 aromatic carbocycles. The molecule has 6 nitrogen and oxygen atoms in total. The molecule has 1 amide bonds. The highest BCUT2D eigenvalue weighted by Gasteiger charge is 2.34. The molecule has 5 rings (SSSR count). The zero-order chi connectivity index (χ0) is 25.6. The number of hydrogen-bond donors (Lipinski definition) is 1. The number of imidazole rings is 1. The van der Waals surface area contributed by atoms with E-state index in [0.29, 0.717) is 22.3 Å². The summed E-state index contributed by atoms with van der Waals surface area (Å²) in [5, 5.41) is 20.7. The molecule has 7 heteroatoms. The molecule has 1 saturated carbocycles. The van der Waals surface area contributed by atoms with Gasteiger partial charge in [-0.25, -0.2) is 4.98 Å². The van der Waals surface area contributed by atoms with Crippen molar-refractivity contribution in [1.82, 2.24) is 14.5 Å². The summed E-state index contributed by atoms with van der Waals surface area (Å²) in [6.07, 6.45) is 5.55. The van der Waals surface area contributed by atoms with Crippen molar-refractivity contribution in [1.29, 1.82) is 5.26 Å². The number of halogens is 1. The molecular weight excluding hydrogens is 472 g/mol. The molecule has 188 valence electrons. The van der Waals surface area contributed by atoms with Gasteiger partial charge in [0.25, 0.3) is 0 Å². The van der Waals surface area contributed by atoms with Crippen molar-refractivity contribution in [3.63, 3.8) is 0 Å². The normalized spacial score (nSPS) is 21.8. The van der Waals surface area contributed by atoms with Crippen LogP contribution in [0.2, 0.25) is 5.02 Å². The Kier molecular flexibility index (Phi) is 6.57. The van der Waals surface area contributed by atoms with E-state index in [1.807, 2.05) is 30.3 Å². The summed E-state index contributed by atoms with van der Waals surface area (Å²) in [4.78, 5) is 19.6. The molecule has 0 saturated heterocycles. The van der Waals surface area contributed by atoms with Crippen molar-refractivity contribution in [2.24, 2.45) is 5.92 Å².